The van der Waals surface area contributed by atoms with Crippen molar-refractivity contribution in [1.82, 2.24) is 4.90 Å². The van der Waals surface area contributed by atoms with E-state index in [4.69, 9.17) is 4.74 Å². The van der Waals surface area contributed by atoms with Crippen LogP contribution in [0.5, 0.6) is 0 Å². The van der Waals surface area contributed by atoms with Crippen LogP contribution in [0.25, 0.3) is 11.1 Å². The van der Waals surface area contributed by atoms with Crippen molar-refractivity contribution in [2.45, 2.75) is 26.7 Å². The monoisotopic (exact) mass is 400 g/mol. The number of thiophene rings is 1. The standard InChI is InChI=1S/C21H24N2O4S/c1-13-4-6-15(7-5-13)17-12-28-20(18(17)21(26)27-3)22-19(25)16-8-10-23(11-9-16)14(2)24/h4-7,12,16H,8-11H2,1-3H3,(H,22,25). The Morgan fingerprint density at radius 1 is 1.14 bits per heavy atom. The molecule has 1 N–H and O–H groups in total. The smallest absolute Gasteiger partial charge is 0.341 e. The van der Waals surface area contributed by atoms with Gasteiger partial charge in [-0.15, -0.1) is 11.3 Å². The number of rotatable bonds is 4. The lowest BCUT2D eigenvalue weighted by molar-refractivity contribution is -0.132. The summed E-state index contributed by atoms with van der Waals surface area (Å²) in [4.78, 5) is 38.4. The third-order valence-corrected chi connectivity index (χ3v) is 5.99. The third-order valence-electron chi connectivity index (χ3n) is 5.09. The summed E-state index contributed by atoms with van der Waals surface area (Å²) in [5.41, 5.74) is 3.16. The molecule has 148 valence electrons. The number of methoxy groups -OCH3 is 1. The Kier molecular flexibility index (Phi) is 6.14. The normalized spacial score (nSPS) is 14.6. The van der Waals surface area contributed by atoms with Crippen molar-refractivity contribution in [2.75, 3.05) is 25.5 Å². The van der Waals surface area contributed by atoms with Gasteiger partial charge in [0.1, 0.15) is 10.6 Å². The van der Waals surface area contributed by atoms with Gasteiger partial charge in [-0.2, -0.15) is 0 Å². The van der Waals surface area contributed by atoms with Crippen molar-refractivity contribution in [3.05, 3.63) is 40.8 Å². The molecule has 1 aromatic carbocycles. The number of ether oxygens (including phenoxy) is 1. The van der Waals surface area contributed by atoms with Crippen molar-refractivity contribution in [3.8, 4) is 11.1 Å². The lowest BCUT2D eigenvalue weighted by Gasteiger charge is -2.30. The minimum absolute atomic E-state index is 0.0350. The minimum atomic E-state index is -0.474. The zero-order valence-corrected chi connectivity index (χ0v) is 17.1. The Balaban J connectivity index is 1.80. The summed E-state index contributed by atoms with van der Waals surface area (Å²) in [6, 6.07) is 7.87. The van der Waals surface area contributed by atoms with E-state index >= 15 is 0 Å². The number of nitrogens with one attached hydrogen (secondary N) is 1. The Hall–Kier alpha value is -2.67. The molecule has 1 fully saturated rings. The van der Waals surface area contributed by atoms with Crippen LogP contribution >= 0.6 is 11.3 Å². The highest BCUT2D eigenvalue weighted by Gasteiger charge is 2.28. The second-order valence-corrected chi connectivity index (χ2v) is 7.86. The van der Waals surface area contributed by atoms with E-state index < -0.39 is 5.97 Å². The van der Waals surface area contributed by atoms with Gasteiger partial charge in [0.15, 0.2) is 0 Å². The molecule has 0 aliphatic carbocycles. The van der Waals surface area contributed by atoms with E-state index in [1.54, 1.807) is 11.8 Å². The molecule has 2 heterocycles. The topological polar surface area (TPSA) is 75.7 Å². The van der Waals surface area contributed by atoms with Crippen LogP contribution in [0, 0.1) is 12.8 Å². The van der Waals surface area contributed by atoms with Crippen LogP contribution < -0.4 is 5.32 Å². The molecule has 0 saturated carbocycles. The molecule has 0 bridgehead atoms. The van der Waals surface area contributed by atoms with Crippen molar-refractivity contribution >= 4 is 34.1 Å². The molecule has 3 rings (SSSR count). The summed E-state index contributed by atoms with van der Waals surface area (Å²) in [7, 11) is 1.34. The maximum absolute atomic E-state index is 12.7. The van der Waals surface area contributed by atoms with Crippen LogP contribution in [0.2, 0.25) is 0 Å². The SMILES string of the molecule is COC(=O)c1c(-c2ccc(C)cc2)csc1NC(=O)C1CCN(C(C)=O)CC1. The highest BCUT2D eigenvalue weighted by atomic mass is 32.1. The number of benzene rings is 1. The highest BCUT2D eigenvalue weighted by Crippen LogP contribution is 2.37. The molecule has 7 heteroatoms. The first-order valence-corrected chi connectivity index (χ1v) is 10.1. The van der Waals surface area contributed by atoms with Crippen molar-refractivity contribution < 1.29 is 19.1 Å². The summed E-state index contributed by atoms with van der Waals surface area (Å²) in [5.74, 6) is -0.733. The van der Waals surface area contributed by atoms with E-state index in [1.807, 2.05) is 36.6 Å². The number of hydrogen-bond donors (Lipinski definition) is 1. The molecule has 2 aromatic rings. The Morgan fingerprint density at radius 3 is 2.36 bits per heavy atom. The van der Waals surface area contributed by atoms with Gasteiger partial charge in [-0.1, -0.05) is 29.8 Å². The van der Waals surface area contributed by atoms with Gasteiger partial charge in [0.25, 0.3) is 0 Å². The zero-order valence-electron chi connectivity index (χ0n) is 16.3. The van der Waals surface area contributed by atoms with Gasteiger partial charge in [0.05, 0.1) is 7.11 Å². The summed E-state index contributed by atoms with van der Waals surface area (Å²) in [5, 5.41) is 5.28. The average Bonchev–Trinajstić information content (AvgIpc) is 3.11. The van der Waals surface area contributed by atoms with E-state index in [2.05, 4.69) is 5.32 Å². The van der Waals surface area contributed by atoms with Gasteiger partial charge in [0, 0.05) is 36.9 Å². The van der Waals surface area contributed by atoms with Gasteiger partial charge < -0.3 is 15.0 Å². The molecule has 1 aliphatic rings. The number of nitrogens with zero attached hydrogens (tertiary/aromatic N) is 1. The molecule has 0 spiro atoms. The van der Waals surface area contributed by atoms with Gasteiger partial charge >= 0.3 is 5.97 Å². The fraction of sp³-hybridized carbons (Fsp3) is 0.381. The van der Waals surface area contributed by atoms with E-state index in [0.29, 0.717) is 36.5 Å². The molecule has 1 saturated heterocycles. The number of esters is 1. The third kappa shape index (κ3) is 4.25. The molecule has 6 nitrogen and oxygen atoms in total. The van der Waals surface area contributed by atoms with Crippen molar-refractivity contribution in [3.63, 3.8) is 0 Å². The molecule has 0 unspecified atom stereocenters. The zero-order chi connectivity index (χ0) is 20.3. The van der Waals surface area contributed by atoms with Gasteiger partial charge in [-0.25, -0.2) is 4.79 Å². The Bertz CT molecular complexity index is 880. The molecule has 2 amide bonds. The molecular formula is C21H24N2O4S. The van der Waals surface area contributed by atoms with Crippen molar-refractivity contribution in [2.24, 2.45) is 5.92 Å². The number of hydrogen-bond acceptors (Lipinski definition) is 5. The first kappa shape index (κ1) is 20.1. The van der Waals surface area contributed by atoms with Crippen LogP contribution in [-0.4, -0.2) is 42.9 Å². The van der Waals surface area contributed by atoms with E-state index in [-0.39, 0.29) is 17.7 Å². The quantitative estimate of drug-likeness (QED) is 0.794. The number of carbonyl (C=O) groups excluding carboxylic acids is 3. The second-order valence-electron chi connectivity index (χ2n) is 6.98. The first-order chi connectivity index (χ1) is 13.4. The highest BCUT2D eigenvalue weighted by molar-refractivity contribution is 7.15. The molecule has 0 radical (unpaired) electrons. The molecular weight excluding hydrogens is 376 g/mol. The average molecular weight is 401 g/mol. The molecule has 28 heavy (non-hydrogen) atoms. The summed E-state index contributed by atoms with van der Waals surface area (Å²) < 4.78 is 4.96. The van der Waals surface area contributed by atoms with Crippen LogP contribution in [0.4, 0.5) is 5.00 Å². The van der Waals surface area contributed by atoms with Crippen LogP contribution in [0.3, 0.4) is 0 Å². The maximum atomic E-state index is 12.7. The minimum Gasteiger partial charge on any atom is -0.465 e. The van der Waals surface area contributed by atoms with Crippen LogP contribution in [0.1, 0.15) is 35.7 Å². The molecule has 0 atom stereocenters. The predicted octanol–water partition coefficient (Wildman–Crippen LogP) is 3.71. The van der Waals surface area contributed by atoms with E-state index in [1.165, 1.54) is 18.4 Å². The van der Waals surface area contributed by atoms with Gasteiger partial charge in [-0.3, -0.25) is 9.59 Å². The fourth-order valence-corrected chi connectivity index (χ4v) is 4.33. The Labute approximate surface area is 168 Å². The number of amides is 2. The largest absolute Gasteiger partial charge is 0.465 e. The second kappa shape index (κ2) is 8.56. The maximum Gasteiger partial charge on any atom is 0.341 e. The number of likely N-dealkylation sites (tertiary alicyclic amines) is 1. The molecule has 1 aromatic heterocycles. The van der Waals surface area contributed by atoms with Crippen LogP contribution in [-0.2, 0) is 14.3 Å². The number of piperidine rings is 1. The first-order valence-electron chi connectivity index (χ1n) is 9.24. The number of anilines is 1. The fourth-order valence-electron chi connectivity index (χ4n) is 3.37. The van der Waals surface area contributed by atoms with E-state index in [9.17, 15) is 14.4 Å². The van der Waals surface area contributed by atoms with Crippen molar-refractivity contribution in [1.29, 1.82) is 0 Å². The van der Waals surface area contributed by atoms with Gasteiger partial charge in [0.2, 0.25) is 11.8 Å². The predicted molar refractivity (Wildman–Crippen MR) is 109 cm³/mol. The summed E-state index contributed by atoms with van der Waals surface area (Å²) in [6.45, 7) is 4.70. The van der Waals surface area contributed by atoms with Gasteiger partial charge in [-0.05, 0) is 25.3 Å². The van der Waals surface area contributed by atoms with E-state index in [0.717, 1.165) is 16.7 Å². The molecule has 1 aliphatic heterocycles. The Morgan fingerprint density at radius 2 is 1.79 bits per heavy atom. The lowest BCUT2D eigenvalue weighted by atomic mass is 9.96. The lowest BCUT2D eigenvalue weighted by Crippen LogP contribution is -2.40. The number of carbonyl (C=O) groups is 3. The summed E-state index contributed by atoms with van der Waals surface area (Å²) in [6.07, 6.45) is 1.24. The summed E-state index contributed by atoms with van der Waals surface area (Å²) >= 11 is 1.32. The number of aryl methyl sites for hydroxylation is 1. The van der Waals surface area contributed by atoms with Crippen LogP contribution in [0.15, 0.2) is 29.6 Å².